The summed E-state index contributed by atoms with van der Waals surface area (Å²) in [7, 11) is -0.817. The molecule has 0 fully saturated rings. The van der Waals surface area contributed by atoms with E-state index in [2.05, 4.69) is 5.32 Å². The average molecular weight is 354 g/mol. The molecule has 23 heavy (non-hydrogen) atoms. The van der Waals surface area contributed by atoms with Crippen LogP contribution in [-0.4, -0.2) is 43.8 Å². The van der Waals surface area contributed by atoms with Gasteiger partial charge < -0.3 is 10.4 Å². The van der Waals surface area contributed by atoms with Gasteiger partial charge in [0.15, 0.2) is 0 Å². The summed E-state index contributed by atoms with van der Waals surface area (Å²) in [6.45, 7) is 0. The van der Waals surface area contributed by atoms with Crippen molar-refractivity contribution in [3.8, 4) is 0 Å². The van der Waals surface area contributed by atoms with E-state index in [-0.39, 0.29) is 21.0 Å². The van der Waals surface area contributed by atoms with Crippen LogP contribution in [0.1, 0.15) is 20.0 Å². The molecule has 122 valence electrons. The molecule has 0 unspecified atom stereocenters. The Labute approximate surface area is 137 Å². The molecule has 1 amide bonds. The number of aromatic carboxylic acids is 1. The minimum absolute atomic E-state index is 0.0177. The lowest BCUT2D eigenvalue weighted by Crippen LogP contribution is -2.21. The SMILES string of the molecule is CN(C)S(=O)(=O)c1csc(C(=O)Nc2ccccc2C(=O)O)c1. The number of rotatable bonds is 5. The van der Waals surface area contributed by atoms with Crippen molar-refractivity contribution in [2.45, 2.75) is 4.90 Å². The highest BCUT2D eigenvalue weighted by molar-refractivity contribution is 7.89. The molecule has 0 spiro atoms. The number of thiophene rings is 1. The standard InChI is InChI=1S/C14H14N2O5S2/c1-16(2)23(20,21)9-7-12(22-8-9)13(17)15-11-6-4-3-5-10(11)14(18)19/h3-8H,1-2H3,(H,15,17)(H,18,19). The van der Waals surface area contributed by atoms with E-state index in [1.807, 2.05) is 0 Å². The molecule has 1 aromatic carbocycles. The van der Waals surface area contributed by atoms with Gasteiger partial charge in [0.1, 0.15) is 0 Å². The molecule has 2 rings (SSSR count). The quantitative estimate of drug-likeness (QED) is 0.854. The maximum absolute atomic E-state index is 12.2. The Morgan fingerprint density at radius 2 is 1.87 bits per heavy atom. The van der Waals surface area contributed by atoms with Crippen molar-refractivity contribution in [1.82, 2.24) is 4.31 Å². The van der Waals surface area contributed by atoms with Crippen molar-refractivity contribution in [3.63, 3.8) is 0 Å². The first kappa shape index (κ1) is 17.1. The number of carboxylic acids is 1. The number of anilines is 1. The second-order valence-electron chi connectivity index (χ2n) is 4.74. The molecule has 0 saturated carbocycles. The highest BCUT2D eigenvalue weighted by atomic mass is 32.2. The number of benzene rings is 1. The van der Waals surface area contributed by atoms with Crippen molar-refractivity contribution in [2.75, 3.05) is 19.4 Å². The summed E-state index contributed by atoms with van der Waals surface area (Å²) >= 11 is 0.970. The normalized spacial score (nSPS) is 11.4. The third-order valence-corrected chi connectivity index (χ3v) is 5.85. The summed E-state index contributed by atoms with van der Waals surface area (Å²) in [5, 5.41) is 12.9. The van der Waals surface area contributed by atoms with Crippen molar-refractivity contribution in [2.24, 2.45) is 0 Å². The second-order valence-corrected chi connectivity index (χ2v) is 7.80. The van der Waals surface area contributed by atoms with Gasteiger partial charge in [0.2, 0.25) is 10.0 Å². The highest BCUT2D eigenvalue weighted by Crippen LogP contribution is 2.23. The van der Waals surface area contributed by atoms with Crippen LogP contribution in [-0.2, 0) is 10.0 Å². The molecule has 0 aliphatic carbocycles. The van der Waals surface area contributed by atoms with Crippen LogP contribution in [0.4, 0.5) is 5.69 Å². The lowest BCUT2D eigenvalue weighted by Gasteiger charge is -2.09. The maximum Gasteiger partial charge on any atom is 0.337 e. The Morgan fingerprint density at radius 1 is 1.22 bits per heavy atom. The molecule has 0 atom stereocenters. The van der Waals surface area contributed by atoms with Gasteiger partial charge in [-0.1, -0.05) is 12.1 Å². The van der Waals surface area contributed by atoms with E-state index in [0.29, 0.717) is 0 Å². The second kappa shape index (κ2) is 6.49. The molecule has 0 aliphatic heterocycles. The lowest BCUT2D eigenvalue weighted by atomic mass is 10.2. The number of carbonyl (C=O) groups excluding carboxylic acids is 1. The van der Waals surface area contributed by atoms with Gasteiger partial charge in [-0.3, -0.25) is 4.79 Å². The fourth-order valence-electron chi connectivity index (χ4n) is 1.75. The Morgan fingerprint density at radius 3 is 2.48 bits per heavy atom. The predicted octanol–water partition coefficient (Wildman–Crippen LogP) is 1.95. The van der Waals surface area contributed by atoms with Crippen LogP contribution >= 0.6 is 11.3 Å². The van der Waals surface area contributed by atoms with E-state index in [1.165, 1.54) is 37.7 Å². The summed E-state index contributed by atoms with van der Waals surface area (Å²) < 4.78 is 25.0. The number of amides is 1. The fraction of sp³-hybridized carbons (Fsp3) is 0.143. The third-order valence-electron chi connectivity index (χ3n) is 2.98. The largest absolute Gasteiger partial charge is 0.478 e. The fourth-order valence-corrected chi connectivity index (χ4v) is 3.80. The number of nitrogens with zero attached hydrogens (tertiary/aromatic N) is 1. The van der Waals surface area contributed by atoms with Crippen LogP contribution in [0, 0.1) is 0 Å². The van der Waals surface area contributed by atoms with Crippen molar-refractivity contribution in [3.05, 3.63) is 46.2 Å². The number of nitrogens with one attached hydrogen (secondary N) is 1. The average Bonchev–Trinajstić information content (AvgIpc) is 2.98. The zero-order valence-electron chi connectivity index (χ0n) is 12.3. The van der Waals surface area contributed by atoms with Crippen molar-refractivity contribution >= 4 is 38.9 Å². The Balaban J connectivity index is 2.27. The third kappa shape index (κ3) is 3.58. The number of hydrogen-bond acceptors (Lipinski definition) is 5. The first-order chi connectivity index (χ1) is 10.7. The Hall–Kier alpha value is -2.23. The lowest BCUT2D eigenvalue weighted by molar-refractivity contribution is 0.0698. The molecule has 0 saturated heterocycles. The van der Waals surface area contributed by atoms with Gasteiger partial charge in [-0.2, -0.15) is 0 Å². The summed E-state index contributed by atoms with van der Waals surface area (Å²) in [4.78, 5) is 23.5. The predicted molar refractivity (Wildman–Crippen MR) is 86.5 cm³/mol. The van der Waals surface area contributed by atoms with Gasteiger partial charge in [-0.15, -0.1) is 11.3 Å². The number of carboxylic acid groups (broad SMARTS) is 1. The molecule has 0 aliphatic rings. The van der Waals surface area contributed by atoms with Crippen LogP contribution in [0.15, 0.2) is 40.6 Å². The molecule has 7 nitrogen and oxygen atoms in total. The van der Waals surface area contributed by atoms with Crippen molar-refractivity contribution < 1.29 is 23.1 Å². The molecule has 2 N–H and O–H groups in total. The molecule has 1 heterocycles. The number of carbonyl (C=O) groups is 2. The van der Waals surface area contributed by atoms with Gasteiger partial charge in [0.25, 0.3) is 5.91 Å². The summed E-state index contributed by atoms with van der Waals surface area (Å²) in [6.07, 6.45) is 0. The van der Waals surface area contributed by atoms with E-state index in [9.17, 15) is 18.0 Å². The van der Waals surface area contributed by atoms with Crippen LogP contribution < -0.4 is 5.32 Å². The monoisotopic (exact) mass is 354 g/mol. The molecule has 0 radical (unpaired) electrons. The van der Waals surface area contributed by atoms with Crippen LogP contribution in [0.25, 0.3) is 0 Å². The van der Waals surface area contributed by atoms with Gasteiger partial charge in [-0.05, 0) is 18.2 Å². The zero-order valence-corrected chi connectivity index (χ0v) is 13.9. The van der Waals surface area contributed by atoms with Gasteiger partial charge in [-0.25, -0.2) is 17.5 Å². The molecular formula is C14H14N2O5S2. The molecular weight excluding hydrogens is 340 g/mol. The molecule has 1 aromatic heterocycles. The summed E-state index contributed by atoms with van der Waals surface area (Å²) in [5.74, 6) is -1.73. The molecule has 9 heteroatoms. The topological polar surface area (TPSA) is 104 Å². The van der Waals surface area contributed by atoms with E-state index in [1.54, 1.807) is 12.1 Å². The van der Waals surface area contributed by atoms with Gasteiger partial charge in [0, 0.05) is 19.5 Å². The first-order valence-electron chi connectivity index (χ1n) is 6.38. The van der Waals surface area contributed by atoms with E-state index in [0.717, 1.165) is 15.6 Å². The Bertz CT molecular complexity index is 856. The zero-order chi connectivity index (χ0) is 17.2. The van der Waals surface area contributed by atoms with Crippen molar-refractivity contribution in [1.29, 1.82) is 0 Å². The summed E-state index contributed by atoms with van der Waals surface area (Å²) in [5.41, 5.74) is 0.106. The van der Waals surface area contributed by atoms with Gasteiger partial charge >= 0.3 is 5.97 Å². The smallest absolute Gasteiger partial charge is 0.337 e. The Kier molecular flexibility index (Phi) is 4.83. The minimum atomic E-state index is -3.61. The van der Waals surface area contributed by atoms with E-state index in [4.69, 9.17) is 5.11 Å². The van der Waals surface area contributed by atoms with E-state index >= 15 is 0 Å². The van der Waals surface area contributed by atoms with E-state index < -0.39 is 21.9 Å². The van der Waals surface area contributed by atoms with Crippen LogP contribution in [0.2, 0.25) is 0 Å². The maximum atomic E-state index is 12.2. The minimum Gasteiger partial charge on any atom is -0.478 e. The molecule has 0 bridgehead atoms. The van der Waals surface area contributed by atoms with Crippen LogP contribution in [0.3, 0.4) is 0 Å². The highest BCUT2D eigenvalue weighted by Gasteiger charge is 2.21. The van der Waals surface area contributed by atoms with Gasteiger partial charge in [0.05, 0.1) is 21.0 Å². The molecule has 2 aromatic rings. The van der Waals surface area contributed by atoms with Crippen LogP contribution in [0.5, 0.6) is 0 Å². The number of hydrogen-bond donors (Lipinski definition) is 2. The summed E-state index contributed by atoms with van der Waals surface area (Å²) in [6, 6.07) is 7.24. The number of para-hydroxylation sites is 1. The number of sulfonamides is 1. The first-order valence-corrected chi connectivity index (χ1v) is 8.70.